The Morgan fingerprint density at radius 1 is 1.17 bits per heavy atom. The fourth-order valence-corrected chi connectivity index (χ4v) is 3.28. The van der Waals surface area contributed by atoms with E-state index in [1.54, 1.807) is 0 Å². The van der Waals surface area contributed by atoms with Crippen molar-refractivity contribution in [3.8, 4) is 0 Å². The summed E-state index contributed by atoms with van der Waals surface area (Å²) in [6.45, 7) is 0.395. The smallest absolute Gasteiger partial charge is 0.211 e. The van der Waals surface area contributed by atoms with Crippen LogP contribution in [0, 0.1) is 5.92 Å². The number of rotatable bonds is 7. The van der Waals surface area contributed by atoms with Gasteiger partial charge in [-0.15, -0.1) is 0 Å². The van der Waals surface area contributed by atoms with Crippen molar-refractivity contribution in [1.29, 1.82) is 0 Å². The highest BCUT2D eigenvalue weighted by Gasteiger charge is 2.18. The van der Waals surface area contributed by atoms with Gasteiger partial charge in [0.15, 0.2) is 0 Å². The SMILES string of the molecule is O=S(=O)(CCCC1CCC1)NCc1ccccc1. The first-order valence-electron chi connectivity index (χ1n) is 6.67. The van der Waals surface area contributed by atoms with Gasteiger partial charge in [-0.3, -0.25) is 0 Å². The molecule has 0 saturated heterocycles. The molecule has 0 spiro atoms. The highest BCUT2D eigenvalue weighted by molar-refractivity contribution is 7.89. The third-order valence-electron chi connectivity index (χ3n) is 3.59. The Bertz CT molecular complexity index is 452. The molecule has 0 bridgehead atoms. The van der Waals surface area contributed by atoms with Crippen molar-refractivity contribution < 1.29 is 8.42 Å². The molecule has 1 N–H and O–H groups in total. The maximum absolute atomic E-state index is 11.8. The van der Waals surface area contributed by atoms with Crippen LogP contribution in [-0.2, 0) is 16.6 Å². The van der Waals surface area contributed by atoms with E-state index in [0.29, 0.717) is 6.54 Å². The lowest BCUT2D eigenvalue weighted by Gasteiger charge is -2.24. The monoisotopic (exact) mass is 267 g/mol. The van der Waals surface area contributed by atoms with Crippen LogP contribution < -0.4 is 4.72 Å². The van der Waals surface area contributed by atoms with Crippen LogP contribution in [0.1, 0.15) is 37.7 Å². The highest BCUT2D eigenvalue weighted by Crippen LogP contribution is 2.30. The van der Waals surface area contributed by atoms with Gasteiger partial charge in [0.05, 0.1) is 5.75 Å². The van der Waals surface area contributed by atoms with Crippen LogP contribution in [0.5, 0.6) is 0 Å². The van der Waals surface area contributed by atoms with Crippen LogP contribution in [0.3, 0.4) is 0 Å². The molecule has 0 heterocycles. The number of nitrogens with one attached hydrogen (secondary N) is 1. The van der Waals surface area contributed by atoms with Gasteiger partial charge < -0.3 is 0 Å². The van der Waals surface area contributed by atoms with Crippen LogP contribution >= 0.6 is 0 Å². The average molecular weight is 267 g/mol. The zero-order valence-electron chi connectivity index (χ0n) is 10.6. The van der Waals surface area contributed by atoms with E-state index in [1.807, 2.05) is 30.3 Å². The van der Waals surface area contributed by atoms with Crippen LogP contribution in [-0.4, -0.2) is 14.2 Å². The Balaban J connectivity index is 1.69. The van der Waals surface area contributed by atoms with Gasteiger partial charge in [0, 0.05) is 6.54 Å². The molecule has 0 aromatic heterocycles. The van der Waals surface area contributed by atoms with E-state index in [9.17, 15) is 8.42 Å². The predicted octanol–water partition coefficient (Wildman–Crippen LogP) is 2.69. The van der Waals surface area contributed by atoms with Crippen molar-refractivity contribution in [2.24, 2.45) is 5.92 Å². The Labute approximate surface area is 110 Å². The minimum Gasteiger partial charge on any atom is -0.212 e. The summed E-state index contributed by atoms with van der Waals surface area (Å²) in [5.74, 6) is 1.05. The van der Waals surface area contributed by atoms with Gasteiger partial charge in [0.1, 0.15) is 0 Å². The topological polar surface area (TPSA) is 46.2 Å². The van der Waals surface area contributed by atoms with Crippen molar-refractivity contribution in [2.75, 3.05) is 5.75 Å². The quantitative estimate of drug-likeness (QED) is 0.825. The highest BCUT2D eigenvalue weighted by atomic mass is 32.2. The molecule has 1 fully saturated rings. The summed E-state index contributed by atoms with van der Waals surface area (Å²) in [6, 6.07) is 9.62. The van der Waals surface area contributed by atoms with E-state index in [-0.39, 0.29) is 5.75 Å². The van der Waals surface area contributed by atoms with Gasteiger partial charge in [-0.25, -0.2) is 13.1 Å². The molecule has 1 aromatic carbocycles. The van der Waals surface area contributed by atoms with Crippen LogP contribution in [0.4, 0.5) is 0 Å². The molecule has 1 aliphatic carbocycles. The molecule has 0 amide bonds. The van der Waals surface area contributed by atoms with E-state index in [0.717, 1.165) is 24.3 Å². The van der Waals surface area contributed by atoms with Crippen LogP contribution in [0.25, 0.3) is 0 Å². The second kappa shape index (κ2) is 6.34. The molecule has 0 aliphatic heterocycles. The first-order chi connectivity index (χ1) is 8.66. The van der Waals surface area contributed by atoms with Gasteiger partial charge in [-0.05, 0) is 24.3 Å². The Hall–Kier alpha value is -0.870. The molecular formula is C14H21NO2S. The predicted molar refractivity (Wildman–Crippen MR) is 73.6 cm³/mol. The average Bonchev–Trinajstić information content (AvgIpc) is 2.31. The zero-order valence-corrected chi connectivity index (χ0v) is 11.5. The fourth-order valence-electron chi connectivity index (χ4n) is 2.20. The number of hydrogen-bond donors (Lipinski definition) is 1. The minimum atomic E-state index is -3.11. The molecule has 0 radical (unpaired) electrons. The van der Waals surface area contributed by atoms with E-state index in [1.165, 1.54) is 19.3 Å². The Morgan fingerprint density at radius 2 is 1.89 bits per heavy atom. The number of benzene rings is 1. The number of sulfonamides is 1. The molecule has 1 aromatic rings. The first kappa shape index (κ1) is 13.6. The van der Waals surface area contributed by atoms with Gasteiger partial charge >= 0.3 is 0 Å². The van der Waals surface area contributed by atoms with Crippen molar-refractivity contribution in [3.05, 3.63) is 35.9 Å². The molecular weight excluding hydrogens is 246 g/mol. The Morgan fingerprint density at radius 3 is 2.50 bits per heavy atom. The second-order valence-corrected chi connectivity index (χ2v) is 6.99. The van der Waals surface area contributed by atoms with Gasteiger partial charge in [-0.1, -0.05) is 49.6 Å². The van der Waals surface area contributed by atoms with E-state index < -0.39 is 10.0 Å². The first-order valence-corrected chi connectivity index (χ1v) is 8.32. The molecule has 100 valence electrons. The number of hydrogen-bond acceptors (Lipinski definition) is 2. The van der Waals surface area contributed by atoms with Crippen molar-refractivity contribution >= 4 is 10.0 Å². The summed E-state index contributed by atoms with van der Waals surface area (Å²) in [7, 11) is -3.11. The van der Waals surface area contributed by atoms with E-state index in [2.05, 4.69) is 4.72 Å². The summed E-state index contributed by atoms with van der Waals surface area (Å²) in [5.41, 5.74) is 1.00. The maximum atomic E-state index is 11.8. The van der Waals surface area contributed by atoms with Gasteiger partial charge in [0.2, 0.25) is 10.0 Å². The molecule has 2 rings (SSSR count). The zero-order chi connectivity index (χ0) is 12.8. The Kier molecular flexibility index (Phi) is 4.78. The molecule has 1 aliphatic rings. The summed E-state index contributed by atoms with van der Waals surface area (Å²) < 4.78 is 26.2. The molecule has 18 heavy (non-hydrogen) atoms. The van der Waals surface area contributed by atoms with E-state index in [4.69, 9.17) is 0 Å². The largest absolute Gasteiger partial charge is 0.212 e. The van der Waals surface area contributed by atoms with Crippen molar-refractivity contribution in [1.82, 2.24) is 4.72 Å². The molecule has 0 atom stereocenters. The summed E-state index contributed by atoms with van der Waals surface area (Å²) >= 11 is 0. The summed E-state index contributed by atoms with van der Waals surface area (Å²) in [5, 5.41) is 0. The van der Waals surface area contributed by atoms with Gasteiger partial charge in [-0.2, -0.15) is 0 Å². The van der Waals surface area contributed by atoms with E-state index >= 15 is 0 Å². The molecule has 4 heteroatoms. The maximum Gasteiger partial charge on any atom is 0.211 e. The second-order valence-electron chi connectivity index (χ2n) is 5.06. The normalized spacial score (nSPS) is 16.4. The summed E-state index contributed by atoms with van der Waals surface area (Å²) in [6.07, 6.45) is 5.75. The minimum absolute atomic E-state index is 0.260. The third kappa shape index (κ3) is 4.42. The third-order valence-corrected chi connectivity index (χ3v) is 5.00. The lowest BCUT2D eigenvalue weighted by molar-refractivity contribution is 0.294. The van der Waals surface area contributed by atoms with Gasteiger partial charge in [0.25, 0.3) is 0 Å². The van der Waals surface area contributed by atoms with Crippen LogP contribution in [0.15, 0.2) is 30.3 Å². The van der Waals surface area contributed by atoms with Crippen molar-refractivity contribution in [3.63, 3.8) is 0 Å². The summed E-state index contributed by atoms with van der Waals surface area (Å²) in [4.78, 5) is 0. The fraction of sp³-hybridized carbons (Fsp3) is 0.571. The standard InChI is InChI=1S/C14H21NO2S/c16-18(17,11-5-10-13-8-4-9-13)15-12-14-6-2-1-3-7-14/h1-3,6-7,13,15H,4-5,8-12H2. The lowest BCUT2D eigenvalue weighted by atomic mass is 9.82. The molecule has 3 nitrogen and oxygen atoms in total. The molecule has 0 unspecified atom stereocenters. The lowest BCUT2D eigenvalue weighted by Crippen LogP contribution is -2.26. The van der Waals surface area contributed by atoms with Crippen molar-refractivity contribution in [2.45, 2.75) is 38.6 Å². The van der Waals surface area contributed by atoms with Crippen LogP contribution in [0.2, 0.25) is 0 Å². The molecule has 1 saturated carbocycles.